The van der Waals surface area contributed by atoms with Gasteiger partial charge in [0.05, 0.1) is 6.42 Å². The van der Waals surface area contributed by atoms with E-state index in [2.05, 4.69) is 30.9 Å². The highest BCUT2D eigenvalue weighted by Crippen LogP contribution is 2.07. The van der Waals surface area contributed by atoms with Crippen molar-refractivity contribution in [2.24, 2.45) is 5.92 Å². The van der Waals surface area contributed by atoms with Crippen LogP contribution in [0.3, 0.4) is 0 Å². The molecule has 0 saturated heterocycles. The second-order valence-corrected chi connectivity index (χ2v) is 5.28. The molecule has 0 aromatic carbocycles. The number of nitrogens with zero attached hydrogens (tertiary/aromatic N) is 3. The number of carbonyl (C=O) groups excluding carboxylic acids is 1. The third kappa shape index (κ3) is 5.43. The maximum atomic E-state index is 11.8. The molecule has 18 heavy (non-hydrogen) atoms. The Bertz CT molecular complexity index is 358. The van der Waals surface area contributed by atoms with E-state index in [4.69, 9.17) is 0 Å². The molecule has 0 radical (unpaired) electrons. The van der Waals surface area contributed by atoms with Gasteiger partial charge in [0, 0.05) is 13.0 Å². The van der Waals surface area contributed by atoms with E-state index in [9.17, 15) is 4.79 Å². The van der Waals surface area contributed by atoms with Gasteiger partial charge >= 0.3 is 0 Å². The summed E-state index contributed by atoms with van der Waals surface area (Å²) in [5.41, 5.74) is 0. The molecule has 0 spiro atoms. The van der Waals surface area contributed by atoms with Gasteiger partial charge in [0.25, 0.3) is 0 Å². The Kier molecular flexibility index (Phi) is 6.61. The number of hydrogen-bond donors (Lipinski definition) is 0. The SMILES string of the molecule is CCCCCCC(=O)Cc1ncnn1CC(C)C. The number of carbonyl (C=O) groups is 1. The second kappa shape index (κ2) is 8.01. The van der Waals surface area contributed by atoms with Gasteiger partial charge in [-0.15, -0.1) is 0 Å². The highest BCUT2D eigenvalue weighted by molar-refractivity contribution is 5.80. The van der Waals surface area contributed by atoms with Crippen molar-refractivity contribution >= 4 is 5.78 Å². The van der Waals surface area contributed by atoms with Gasteiger partial charge in [-0.2, -0.15) is 5.10 Å². The van der Waals surface area contributed by atoms with Gasteiger partial charge in [-0.05, 0) is 12.3 Å². The third-order valence-electron chi connectivity index (χ3n) is 2.90. The summed E-state index contributed by atoms with van der Waals surface area (Å²) in [6.07, 6.45) is 7.23. The molecule has 0 unspecified atom stereocenters. The van der Waals surface area contributed by atoms with Gasteiger partial charge in [0.1, 0.15) is 17.9 Å². The molecule has 1 aromatic rings. The molecule has 4 nitrogen and oxygen atoms in total. The lowest BCUT2D eigenvalue weighted by Crippen LogP contribution is -2.14. The van der Waals surface area contributed by atoms with Crippen molar-refractivity contribution in [3.63, 3.8) is 0 Å². The van der Waals surface area contributed by atoms with E-state index in [1.54, 1.807) is 6.33 Å². The summed E-state index contributed by atoms with van der Waals surface area (Å²) in [6.45, 7) is 7.28. The predicted octanol–water partition coefficient (Wildman–Crippen LogP) is 3.02. The standard InChI is InChI=1S/C14H25N3O/c1-4-5-6-7-8-13(18)9-14-15-11-16-17(14)10-12(2)3/h11-12H,4-10H2,1-3H3. The summed E-state index contributed by atoms with van der Waals surface area (Å²) in [4.78, 5) is 16.0. The highest BCUT2D eigenvalue weighted by atomic mass is 16.1. The first-order valence-corrected chi connectivity index (χ1v) is 7.01. The van der Waals surface area contributed by atoms with E-state index in [0.29, 0.717) is 18.8 Å². The van der Waals surface area contributed by atoms with Crippen LogP contribution in [0, 0.1) is 5.92 Å². The minimum absolute atomic E-state index is 0.282. The Labute approximate surface area is 110 Å². The van der Waals surface area contributed by atoms with Crippen LogP contribution in [0.5, 0.6) is 0 Å². The van der Waals surface area contributed by atoms with Crippen molar-refractivity contribution in [3.05, 3.63) is 12.2 Å². The first kappa shape index (κ1) is 14.9. The van der Waals surface area contributed by atoms with E-state index in [1.807, 2.05) is 4.68 Å². The van der Waals surface area contributed by atoms with E-state index >= 15 is 0 Å². The largest absolute Gasteiger partial charge is 0.299 e. The van der Waals surface area contributed by atoms with Crippen molar-refractivity contribution in [1.29, 1.82) is 0 Å². The summed E-state index contributed by atoms with van der Waals surface area (Å²) in [6, 6.07) is 0. The van der Waals surface area contributed by atoms with Crippen LogP contribution < -0.4 is 0 Å². The first-order valence-electron chi connectivity index (χ1n) is 7.01. The molecule has 0 aliphatic rings. The molecule has 102 valence electrons. The van der Waals surface area contributed by atoms with Gasteiger partial charge in [0.15, 0.2) is 0 Å². The number of ketones is 1. The van der Waals surface area contributed by atoms with Crippen LogP contribution in [-0.4, -0.2) is 20.5 Å². The number of rotatable bonds is 9. The van der Waals surface area contributed by atoms with Crippen LogP contribution in [0.25, 0.3) is 0 Å². The lowest BCUT2D eigenvalue weighted by Gasteiger charge is -2.07. The lowest BCUT2D eigenvalue weighted by atomic mass is 10.1. The van der Waals surface area contributed by atoms with Gasteiger partial charge in [-0.25, -0.2) is 9.67 Å². The lowest BCUT2D eigenvalue weighted by molar-refractivity contribution is -0.118. The maximum absolute atomic E-state index is 11.8. The van der Waals surface area contributed by atoms with Crippen LogP contribution in [0.15, 0.2) is 6.33 Å². The van der Waals surface area contributed by atoms with Crippen LogP contribution in [0.4, 0.5) is 0 Å². The molecule has 0 saturated carbocycles. The van der Waals surface area contributed by atoms with Crippen molar-refractivity contribution < 1.29 is 4.79 Å². The number of aromatic nitrogens is 3. The molecule has 1 aromatic heterocycles. The second-order valence-electron chi connectivity index (χ2n) is 5.28. The molecule has 1 heterocycles. The Hall–Kier alpha value is -1.19. The minimum Gasteiger partial charge on any atom is -0.299 e. The van der Waals surface area contributed by atoms with Gasteiger partial charge in [-0.3, -0.25) is 4.79 Å². The minimum atomic E-state index is 0.282. The monoisotopic (exact) mass is 251 g/mol. The van der Waals surface area contributed by atoms with Crippen molar-refractivity contribution in [3.8, 4) is 0 Å². The normalized spacial score (nSPS) is 11.1. The fourth-order valence-electron chi connectivity index (χ4n) is 1.94. The molecule has 0 fully saturated rings. The average Bonchev–Trinajstić information content (AvgIpc) is 2.71. The Morgan fingerprint density at radius 1 is 1.33 bits per heavy atom. The Morgan fingerprint density at radius 2 is 2.11 bits per heavy atom. The summed E-state index contributed by atoms with van der Waals surface area (Å²) < 4.78 is 1.86. The summed E-state index contributed by atoms with van der Waals surface area (Å²) in [5, 5.41) is 4.17. The first-order chi connectivity index (χ1) is 8.63. The molecular weight excluding hydrogens is 226 g/mol. The fourth-order valence-corrected chi connectivity index (χ4v) is 1.94. The number of hydrogen-bond acceptors (Lipinski definition) is 3. The van der Waals surface area contributed by atoms with Crippen LogP contribution in [0.2, 0.25) is 0 Å². The quantitative estimate of drug-likeness (QED) is 0.634. The van der Waals surface area contributed by atoms with Crippen molar-refractivity contribution in [2.45, 2.75) is 65.8 Å². The van der Waals surface area contributed by atoms with E-state index in [-0.39, 0.29) is 5.78 Å². The van der Waals surface area contributed by atoms with Crippen LogP contribution in [-0.2, 0) is 17.8 Å². The predicted molar refractivity (Wildman–Crippen MR) is 72.3 cm³/mol. The molecule has 0 aliphatic carbocycles. The molecule has 0 N–H and O–H groups in total. The van der Waals surface area contributed by atoms with E-state index in [0.717, 1.165) is 25.2 Å². The maximum Gasteiger partial charge on any atom is 0.140 e. The molecule has 0 aliphatic heterocycles. The van der Waals surface area contributed by atoms with Crippen molar-refractivity contribution in [2.75, 3.05) is 0 Å². The smallest absolute Gasteiger partial charge is 0.140 e. The van der Waals surface area contributed by atoms with Crippen LogP contribution in [0.1, 0.15) is 58.7 Å². The highest BCUT2D eigenvalue weighted by Gasteiger charge is 2.10. The molecular formula is C14H25N3O. The van der Waals surface area contributed by atoms with Gasteiger partial charge < -0.3 is 0 Å². The Morgan fingerprint density at radius 3 is 2.78 bits per heavy atom. The molecule has 1 rings (SSSR count). The van der Waals surface area contributed by atoms with Gasteiger partial charge in [0.2, 0.25) is 0 Å². The average molecular weight is 251 g/mol. The summed E-state index contributed by atoms with van der Waals surface area (Å²) in [7, 11) is 0. The fraction of sp³-hybridized carbons (Fsp3) is 0.786. The van der Waals surface area contributed by atoms with E-state index in [1.165, 1.54) is 12.8 Å². The molecule has 4 heteroatoms. The number of Topliss-reactive ketones (excluding diaryl/α,β-unsaturated/α-hetero) is 1. The third-order valence-corrected chi connectivity index (χ3v) is 2.90. The summed E-state index contributed by atoms with van der Waals surface area (Å²) >= 11 is 0. The molecule has 0 bridgehead atoms. The Balaban J connectivity index is 2.37. The van der Waals surface area contributed by atoms with Crippen molar-refractivity contribution in [1.82, 2.24) is 14.8 Å². The topological polar surface area (TPSA) is 47.8 Å². The van der Waals surface area contributed by atoms with E-state index < -0.39 is 0 Å². The zero-order valence-electron chi connectivity index (χ0n) is 11.9. The zero-order chi connectivity index (χ0) is 13.4. The van der Waals surface area contributed by atoms with Gasteiger partial charge in [-0.1, -0.05) is 40.0 Å². The van der Waals surface area contributed by atoms with Crippen LogP contribution >= 0.6 is 0 Å². The number of unbranched alkanes of at least 4 members (excludes halogenated alkanes) is 3. The molecule has 0 atom stereocenters. The molecule has 0 amide bonds. The summed E-state index contributed by atoms with van der Waals surface area (Å²) in [5.74, 6) is 1.61. The zero-order valence-corrected chi connectivity index (χ0v) is 11.9.